The number of aromatic nitrogens is 1. The lowest BCUT2D eigenvalue weighted by Gasteiger charge is -2.29. The van der Waals surface area contributed by atoms with E-state index in [9.17, 15) is 26.4 Å². The van der Waals surface area contributed by atoms with Crippen LogP contribution in [0.25, 0.3) is 0 Å². The standard InChI is InChI=1S/C17H23F3N4O3S/c1-16(4-9-28(26,27)12-16)22-15(25)11-23-5-7-24(8-6-23)14-3-2-13(10-21-14)17(18,19)20/h2-3,10H,4-9,11-12H2,1H3,(H,22,25)/p+2/t16-/m0/s1. The van der Waals surface area contributed by atoms with Crippen LogP contribution in [0.1, 0.15) is 18.9 Å². The van der Waals surface area contributed by atoms with Gasteiger partial charge in [0.15, 0.2) is 16.4 Å². The Balaban J connectivity index is 1.48. The number of carbonyl (C=O) groups excluding carboxylic acids is 1. The van der Waals surface area contributed by atoms with Gasteiger partial charge in [-0.1, -0.05) is 0 Å². The zero-order valence-corrected chi connectivity index (χ0v) is 16.4. The molecule has 2 saturated heterocycles. The Morgan fingerprint density at radius 3 is 2.50 bits per heavy atom. The second-order valence-electron chi connectivity index (χ2n) is 7.83. The molecule has 0 aromatic carbocycles. The summed E-state index contributed by atoms with van der Waals surface area (Å²) in [5.41, 5.74) is -1.42. The lowest BCUT2D eigenvalue weighted by molar-refractivity contribution is -0.892. The largest absolute Gasteiger partial charge is 0.419 e. The lowest BCUT2D eigenvalue weighted by atomic mass is 10.0. The molecular weight excluding hydrogens is 397 g/mol. The first-order chi connectivity index (χ1) is 13.0. The van der Waals surface area contributed by atoms with E-state index in [2.05, 4.69) is 10.3 Å². The number of pyridine rings is 1. The van der Waals surface area contributed by atoms with Crippen molar-refractivity contribution in [1.29, 1.82) is 0 Å². The Hall–Kier alpha value is -1.88. The monoisotopic (exact) mass is 422 g/mol. The number of hydrogen-bond acceptors (Lipinski definition) is 4. The molecule has 0 bridgehead atoms. The molecule has 3 heterocycles. The fourth-order valence-corrected chi connectivity index (χ4v) is 5.84. The number of sulfone groups is 1. The summed E-state index contributed by atoms with van der Waals surface area (Å²) in [7, 11) is -3.08. The van der Waals surface area contributed by atoms with Crippen LogP contribution in [-0.4, -0.2) is 64.1 Å². The van der Waals surface area contributed by atoms with E-state index in [4.69, 9.17) is 0 Å². The number of rotatable bonds is 4. The quantitative estimate of drug-likeness (QED) is 0.647. The molecule has 0 saturated carbocycles. The predicted molar refractivity (Wildman–Crippen MR) is 95.6 cm³/mol. The lowest BCUT2D eigenvalue weighted by Crippen LogP contribution is -3.16. The molecular formula is C17H25F3N4O3S+2. The summed E-state index contributed by atoms with van der Waals surface area (Å²) in [6.45, 7) is 4.55. The van der Waals surface area contributed by atoms with Gasteiger partial charge < -0.3 is 10.2 Å². The molecule has 11 heteroatoms. The Kier molecular flexibility index (Phi) is 5.59. The smallest absolute Gasteiger partial charge is 0.345 e. The van der Waals surface area contributed by atoms with E-state index in [0.717, 1.165) is 17.2 Å². The maximum absolute atomic E-state index is 12.6. The van der Waals surface area contributed by atoms with Crippen LogP contribution in [0.3, 0.4) is 0 Å². The molecule has 3 N–H and O–H groups in total. The highest BCUT2D eigenvalue weighted by atomic mass is 32.2. The molecule has 2 aliphatic heterocycles. The minimum atomic E-state index is -4.37. The molecule has 1 atom stereocenters. The minimum absolute atomic E-state index is 0.0292. The number of aromatic amines is 1. The molecule has 1 amide bonds. The number of piperazine rings is 1. The van der Waals surface area contributed by atoms with E-state index in [1.54, 1.807) is 6.92 Å². The Morgan fingerprint density at radius 2 is 2.00 bits per heavy atom. The average molecular weight is 422 g/mol. The van der Waals surface area contributed by atoms with E-state index in [0.29, 0.717) is 38.4 Å². The van der Waals surface area contributed by atoms with Gasteiger partial charge in [0.05, 0.1) is 22.6 Å². The van der Waals surface area contributed by atoms with Crippen molar-refractivity contribution in [2.75, 3.05) is 49.1 Å². The highest BCUT2D eigenvalue weighted by Gasteiger charge is 2.40. The maximum atomic E-state index is 12.6. The van der Waals surface area contributed by atoms with Gasteiger partial charge in [-0.3, -0.25) is 9.69 Å². The van der Waals surface area contributed by atoms with Crippen molar-refractivity contribution in [3.8, 4) is 0 Å². The fourth-order valence-electron chi connectivity index (χ4n) is 3.75. The van der Waals surface area contributed by atoms with Crippen LogP contribution in [0.5, 0.6) is 0 Å². The third kappa shape index (κ3) is 5.13. The van der Waals surface area contributed by atoms with Crippen molar-refractivity contribution in [1.82, 2.24) is 5.32 Å². The molecule has 2 aliphatic rings. The Bertz CT molecular complexity index is 821. The summed E-state index contributed by atoms with van der Waals surface area (Å²) in [5, 5.41) is 2.86. The van der Waals surface area contributed by atoms with Crippen molar-refractivity contribution >= 4 is 21.6 Å². The molecule has 0 radical (unpaired) electrons. The molecule has 0 unspecified atom stereocenters. The number of quaternary nitrogens is 1. The van der Waals surface area contributed by atoms with Gasteiger partial charge in [-0.25, -0.2) is 13.4 Å². The summed E-state index contributed by atoms with van der Waals surface area (Å²) < 4.78 is 61.2. The highest BCUT2D eigenvalue weighted by Crippen LogP contribution is 2.28. The third-order valence-electron chi connectivity index (χ3n) is 5.29. The first kappa shape index (κ1) is 20.8. The van der Waals surface area contributed by atoms with Gasteiger partial charge in [0.25, 0.3) is 11.7 Å². The molecule has 0 aliphatic carbocycles. The third-order valence-corrected chi connectivity index (χ3v) is 7.19. The zero-order chi connectivity index (χ0) is 20.6. The SMILES string of the molecule is C[C@]1(NC(=O)C[NH+]2CCN(c3ccc(C(F)(F)F)c[nH+]3)CC2)CCS(=O)(=O)C1. The first-order valence-electron chi connectivity index (χ1n) is 9.15. The molecule has 7 nitrogen and oxygen atoms in total. The van der Waals surface area contributed by atoms with Crippen LogP contribution >= 0.6 is 0 Å². The van der Waals surface area contributed by atoms with Crippen LogP contribution in [0.2, 0.25) is 0 Å². The number of H-pyrrole nitrogens is 1. The predicted octanol–water partition coefficient (Wildman–Crippen LogP) is -1.08. The van der Waals surface area contributed by atoms with Crippen LogP contribution < -0.4 is 20.1 Å². The normalized spacial score (nSPS) is 25.6. The van der Waals surface area contributed by atoms with Gasteiger partial charge in [-0.2, -0.15) is 13.2 Å². The number of amides is 1. The summed E-state index contributed by atoms with van der Waals surface area (Å²) in [4.78, 5) is 18.0. The van der Waals surface area contributed by atoms with Crippen LogP contribution in [0.15, 0.2) is 18.3 Å². The molecule has 1 aromatic heterocycles. The zero-order valence-electron chi connectivity index (χ0n) is 15.6. The van der Waals surface area contributed by atoms with Crippen molar-refractivity contribution in [3.05, 3.63) is 23.9 Å². The topological polar surface area (TPSA) is 85.1 Å². The van der Waals surface area contributed by atoms with Crippen molar-refractivity contribution < 1.29 is 36.3 Å². The number of hydrogen-bond donors (Lipinski definition) is 2. The number of nitrogens with one attached hydrogen (secondary N) is 3. The van der Waals surface area contributed by atoms with Gasteiger partial charge in [-0.15, -0.1) is 0 Å². The van der Waals surface area contributed by atoms with Gasteiger partial charge in [0.1, 0.15) is 32.4 Å². The van der Waals surface area contributed by atoms with Gasteiger partial charge in [-0.05, 0) is 19.4 Å². The van der Waals surface area contributed by atoms with Gasteiger partial charge in [0, 0.05) is 6.07 Å². The number of halogens is 3. The Labute approximate surface area is 161 Å². The van der Waals surface area contributed by atoms with Crippen molar-refractivity contribution in [3.63, 3.8) is 0 Å². The first-order valence-corrected chi connectivity index (χ1v) is 11.0. The average Bonchev–Trinajstić information content (AvgIpc) is 2.87. The summed E-state index contributed by atoms with van der Waals surface area (Å²) in [6, 6.07) is 2.47. The van der Waals surface area contributed by atoms with Gasteiger partial charge in [0.2, 0.25) is 0 Å². The molecule has 2 fully saturated rings. The number of alkyl halides is 3. The molecule has 156 valence electrons. The summed E-state index contributed by atoms with van der Waals surface area (Å²) in [5.74, 6) is 0.502. The van der Waals surface area contributed by atoms with E-state index in [-0.39, 0.29) is 24.0 Å². The minimum Gasteiger partial charge on any atom is -0.345 e. The fraction of sp³-hybridized carbons (Fsp3) is 0.647. The van der Waals surface area contributed by atoms with Crippen LogP contribution in [-0.2, 0) is 20.8 Å². The van der Waals surface area contributed by atoms with Crippen LogP contribution in [0.4, 0.5) is 19.0 Å². The van der Waals surface area contributed by atoms with E-state index in [1.807, 2.05) is 4.90 Å². The second-order valence-corrected chi connectivity index (χ2v) is 10.0. The molecule has 28 heavy (non-hydrogen) atoms. The van der Waals surface area contributed by atoms with Crippen molar-refractivity contribution in [2.45, 2.75) is 25.1 Å². The van der Waals surface area contributed by atoms with E-state index < -0.39 is 27.1 Å². The second kappa shape index (κ2) is 7.51. The number of nitrogens with zero attached hydrogens (tertiary/aromatic N) is 1. The molecule has 3 rings (SSSR count). The Morgan fingerprint density at radius 1 is 1.32 bits per heavy atom. The maximum Gasteiger partial charge on any atom is 0.419 e. The number of carbonyl (C=O) groups is 1. The van der Waals surface area contributed by atoms with Crippen molar-refractivity contribution in [2.24, 2.45) is 0 Å². The van der Waals surface area contributed by atoms with Crippen LogP contribution in [0, 0.1) is 0 Å². The van der Waals surface area contributed by atoms with E-state index >= 15 is 0 Å². The molecule has 0 spiro atoms. The molecule has 1 aromatic rings. The number of anilines is 1. The van der Waals surface area contributed by atoms with Gasteiger partial charge >= 0.3 is 6.18 Å². The highest BCUT2D eigenvalue weighted by molar-refractivity contribution is 7.91. The summed E-state index contributed by atoms with van der Waals surface area (Å²) in [6.07, 6.45) is -2.99. The summed E-state index contributed by atoms with van der Waals surface area (Å²) >= 11 is 0. The van der Waals surface area contributed by atoms with E-state index in [1.165, 1.54) is 6.07 Å².